The summed E-state index contributed by atoms with van der Waals surface area (Å²) in [6, 6.07) is 0.652. The van der Waals surface area contributed by atoms with Crippen LogP contribution < -0.4 is 10.6 Å². The van der Waals surface area contributed by atoms with E-state index in [1.165, 1.54) is 0 Å². The minimum Gasteiger partial charge on any atom is -0.354 e. The molecule has 0 saturated carbocycles. The van der Waals surface area contributed by atoms with Crippen molar-refractivity contribution in [2.45, 2.75) is 66.0 Å². The largest absolute Gasteiger partial charge is 0.354 e. The molecule has 1 amide bonds. The Balaban J connectivity index is 4.51. The molecule has 0 fully saturated rings. The lowest BCUT2D eigenvalue weighted by atomic mass is 10.1. The molecule has 0 bridgehead atoms. The van der Waals surface area contributed by atoms with E-state index in [-0.39, 0.29) is 12.5 Å². The van der Waals surface area contributed by atoms with E-state index >= 15 is 0 Å². The van der Waals surface area contributed by atoms with Crippen LogP contribution in [-0.2, 0) is 4.79 Å². The Bertz CT molecular complexity index is 366. The smallest absolute Gasteiger partial charge is 0.243 e. The minimum atomic E-state index is 0.00874. The van der Waals surface area contributed by atoms with Crippen LogP contribution in [0.4, 0.5) is 0 Å². The van der Waals surface area contributed by atoms with Crippen LogP contribution in [-0.4, -0.2) is 74.0 Å². The summed E-state index contributed by atoms with van der Waals surface area (Å²) in [4.78, 5) is 20.2. The molecule has 0 aliphatic rings. The summed E-state index contributed by atoms with van der Waals surface area (Å²) in [6.07, 6.45) is 3.25. The summed E-state index contributed by atoms with van der Waals surface area (Å²) in [6.45, 7) is 14.3. The van der Waals surface area contributed by atoms with Gasteiger partial charge in [-0.05, 0) is 52.7 Å². The van der Waals surface area contributed by atoms with Crippen LogP contribution >= 0.6 is 0 Å². The SMILES string of the molecule is CCC(C)NC(=NCC(=O)N(C)C)NC(C)CCCN(CC)CC. The number of rotatable bonds is 11. The highest BCUT2D eigenvalue weighted by atomic mass is 16.2. The molecule has 2 N–H and O–H groups in total. The standard InChI is InChI=1S/C18H39N5O/c1-8-15(4)20-18(19-14-17(24)22(6)7)21-16(5)12-11-13-23(9-2)10-3/h15-16H,8-14H2,1-7H3,(H2,19,20,21). The first kappa shape index (κ1) is 22.7. The van der Waals surface area contributed by atoms with Gasteiger partial charge in [0.15, 0.2) is 5.96 Å². The van der Waals surface area contributed by atoms with E-state index < -0.39 is 0 Å². The van der Waals surface area contributed by atoms with Gasteiger partial charge in [0.05, 0.1) is 0 Å². The third-order valence-electron chi connectivity index (χ3n) is 4.26. The zero-order valence-electron chi connectivity index (χ0n) is 16.9. The second-order valence-electron chi connectivity index (χ2n) is 6.62. The minimum absolute atomic E-state index is 0.00874. The fourth-order valence-corrected chi connectivity index (χ4v) is 2.22. The van der Waals surface area contributed by atoms with E-state index in [1.54, 1.807) is 19.0 Å². The van der Waals surface area contributed by atoms with Gasteiger partial charge in [0.2, 0.25) is 5.91 Å². The third kappa shape index (κ3) is 10.5. The van der Waals surface area contributed by atoms with Gasteiger partial charge < -0.3 is 20.4 Å². The van der Waals surface area contributed by atoms with Crippen LogP contribution in [0.15, 0.2) is 4.99 Å². The lowest BCUT2D eigenvalue weighted by Crippen LogP contribution is -2.46. The van der Waals surface area contributed by atoms with Crippen molar-refractivity contribution in [1.29, 1.82) is 0 Å². The lowest BCUT2D eigenvalue weighted by Gasteiger charge is -2.23. The molecule has 2 unspecified atom stereocenters. The number of carbonyl (C=O) groups is 1. The molecule has 6 heteroatoms. The van der Waals surface area contributed by atoms with Gasteiger partial charge in [-0.1, -0.05) is 20.8 Å². The molecule has 0 radical (unpaired) electrons. The average Bonchev–Trinajstić information content (AvgIpc) is 2.55. The highest BCUT2D eigenvalue weighted by molar-refractivity contribution is 5.85. The zero-order chi connectivity index (χ0) is 18.5. The number of likely N-dealkylation sites (N-methyl/N-ethyl adjacent to an activating group) is 1. The molecule has 0 saturated heterocycles. The fraction of sp³-hybridized carbons (Fsp3) is 0.889. The predicted molar refractivity (Wildman–Crippen MR) is 104 cm³/mol. The second-order valence-corrected chi connectivity index (χ2v) is 6.62. The Morgan fingerprint density at radius 3 is 2.12 bits per heavy atom. The Labute approximate surface area is 149 Å². The molecule has 0 spiro atoms. The first-order valence-electron chi connectivity index (χ1n) is 9.33. The Morgan fingerprint density at radius 2 is 1.62 bits per heavy atom. The van der Waals surface area contributed by atoms with Crippen LogP contribution in [0, 0.1) is 0 Å². The van der Waals surface area contributed by atoms with Crippen LogP contribution in [0.2, 0.25) is 0 Å². The molecule has 0 rings (SSSR count). The summed E-state index contributed by atoms with van der Waals surface area (Å²) < 4.78 is 0. The van der Waals surface area contributed by atoms with Crippen molar-refractivity contribution >= 4 is 11.9 Å². The summed E-state index contributed by atoms with van der Waals surface area (Å²) in [5.74, 6) is 0.740. The number of hydrogen-bond donors (Lipinski definition) is 2. The van der Waals surface area contributed by atoms with Crippen LogP contribution in [0.1, 0.15) is 53.9 Å². The van der Waals surface area contributed by atoms with Gasteiger partial charge in [0, 0.05) is 26.2 Å². The van der Waals surface area contributed by atoms with Gasteiger partial charge in [0.25, 0.3) is 0 Å². The maximum atomic E-state index is 11.8. The maximum Gasteiger partial charge on any atom is 0.243 e. The van der Waals surface area contributed by atoms with Crippen molar-refractivity contribution in [2.24, 2.45) is 4.99 Å². The quantitative estimate of drug-likeness (QED) is 0.445. The predicted octanol–water partition coefficient (Wildman–Crippen LogP) is 1.92. The number of nitrogens with zero attached hydrogens (tertiary/aromatic N) is 3. The van der Waals surface area contributed by atoms with E-state index in [0.717, 1.165) is 44.9 Å². The van der Waals surface area contributed by atoms with Crippen LogP contribution in [0.25, 0.3) is 0 Å². The van der Waals surface area contributed by atoms with Crippen molar-refractivity contribution in [3.05, 3.63) is 0 Å². The number of aliphatic imine (C=N–C) groups is 1. The molecule has 24 heavy (non-hydrogen) atoms. The summed E-state index contributed by atoms with van der Waals surface area (Å²) >= 11 is 0. The van der Waals surface area contributed by atoms with Gasteiger partial charge >= 0.3 is 0 Å². The summed E-state index contributed by atoms with van der Waals surface area (Å²) in [5.41, 5.74) is 0. The topological polar surface area (TPSA) is 60.0 Å². The molecule has 0 aromatic rings. The number of hydrogen-bond acceptors (Lipinski definition) is 3. The molecule has 6 nitrogen and oxygen atoms in total. The van der Waals surface area contributed by atoms with E-state index in [4.69, 9.17) is 0 Å². The van der Waals surface area contributed by atoms with Crippen molar-refractivity contribution in [2.75, 3.05) is 40.3 Å². The van der Waals surface area contributed by atoms with Gasteiger partial charge in [-0.25, -0.2) is 4.99 Å². The highest BCUT2D eigenvalue weighted by Crippen LogP contribution is 2.00. The molecule has 142 valence electrons. The van der Waals surface area contributed by atoms with Crippen molar-refractivity contribution < 1.29 is 4.79 Å². The number of nitrogens with one attached hydrogen (secondary N) is 2. The summed E-state index contributed by atoms with van der Waals surface area (Å²) in [7, 11) is 3.51. The van der Waals surface area contributed by atoms with Crippen molar-refractivity contribution in [3.8, 4) is 0 Å². The maximum absolute atomic E-state index is 11.8. The van der Waals surface area contributed by atoms with Gasteiger partial charge in [0.1, 0.15) is 6.54 Å². The Kier molecular flexibility index (Phi) is 12.3. The van der Waals surface area contributed by atoms with Gasteiger partial charge in [-0.3, -0.25) is 4.79 Å². The number of carbonyl (C=O) groups excluding carboxylic acids is 1. The second kappa shape index (κ2) is 13.0. The van der Waals surface area contributed by atoms with E-state index in [1.807, 2.05) is 0 Å². The fourth-order valence-electron chi connectivity index (χ4n) is 2.22. The molecule has 0 aliphatic heterocycles. The molecule has 2 atom stereocenters. The van der Waals surface area contributed by atoms with Crippen LogP contribution in [0.5, 0.6) is 0 Å². The average molecular weight is 342 g/mol. The molecule has 0 heterocycles. The Morgan fingerprint density at radius 1 is 1.04 bits per heavy atom. The molecule has 0 aromatic carbocycles. The lowest BCUT2D eigenvalue weighted by molar-refractivity contribution is -0.127. The van der Waals surface area contributed by atoms with Gasteiger partial charge in [-0.2, -0.15) is 0 Å². The molecule has 0 aromatic heterocycles. The summed E-state index contributed by atoms with van der Waals surface area (Å²) in [5, 5.41) is 6.81. The van der Waals surface area contributed by atoms with E-state index in [2.05, 4.69) is 55.1 Å². The van der Waals surface area contributed by atoms with Crippen LogP contribution in [0.3, 0.4) is 0 Å². The van der Waals surface area contributed by atoms with Crippen molar-refractivity contribution in [1.82, 2.24) is 20.4 Å². The van der Waals surface area contributed by atoms with E-state index in [9.17, 15) is 4.79 Å². The highest BCUT2D eigenvalue weighted by Gasteiger charge is 2.10. The molecule has 0 aliphatic carbocycles. The number of guanidine groups is 1. The molecular formula is C18H39N5O. The Hall–Kier alpha value is -1.30. The van der Waals surface area contributed by atoms with Gasteiger partial charge in [-0.15, -0.1) is 0 Å². The monoisotopic (exact) mass is 341 g/mol. The molecular weight excluding hydrogens is 302 g/mol. The normalized spacial score (nSPS) is 14.4. The number of amides is 1. The zero-order valence-corrected chi connectivity index (χ0v) is 16.9. The third-order valence-corrected chi connectivity index (χ3v) is 4.26. The van der Waals surface area contributed by atoms with Crippen molar-refractivity contribution in [3.63, 3.8) is 0 Å². The first-order chi connectivity index (χ1) is 11.3. The first-order valence-corrected chi connectivity index (χ1v) is 9.33. The van der Waals surface area contributed by atoms with E-state index in [0.29, 0.717) is 12.1 Å².